The Morgan fingerprint density at radius 3 is 2.33 bits per heavy atom. The van der Waals surface area contributed by atoms with Gasteiger partial charge in [0, 0.05) is 12.1 Å². The second-order valence-electron chi connectivity index (χ2n) is 6.93. The zero-order valence-electron chi connectivity index (χ0n) is 16.6. The van der Waals surface area contributed by atoms with Crippen molar-refractivity contribution >= 4 is 21.6 Å². The van der Waals surface area contributed by atoms with Gasteiger partial charge in [0.1, 0.15) is 5.82 Å². The van der Waals surface area contributed by atoms with Gasteiger partial charge in [0.05, 0.1) is 10.6 Å². The molecular formula is C23H23FN2O3S. The number of rotatable bonds is 8. The third kappa shape index (κ3) is 5.67. The molecule has 1 amide bonds. The van der Waals surface area contributed by atoms with Gasteiger partial charge in [-0.15, -0.1) is 0 Å². The lowest BCUT2D eigenvalue weighted by molar-refractivity contribution is 0.0953. The van der Waals surface area contributed by atoms with Gasteiger partial charge in [-0.25, -0.2) is 12.8 Å². The number of sulfonamides is 1. The van der Waals surface area contributed by atoms with Crippen molar-refractivity contribution in [2.45, 2.75) is 24.7 Å². The Kier molecular flexibility index (Phi) is 6.84. The molecule has 30 heavy (non-hydrogen) atoms. The molecule has 0 heterocycles. The molecule has 0 atom stereocenters. The summed E-state index contributed by atoms with van der Waals surface area (Å²) in [5.74, 6) is -0.494. The van der Waals surface area contributed by atoms with Gasteiger partial charge in [0.2, 0.25) is 0 Å². The average Bonchev–Trinajstić information content (AvgIpc) is 2.74. The molecule has 0 aromatic heterocycles. The summed E-state index contributed by atoms with van der Waals surface area (Å²) >= 11 is 0. The van der Waals surface area contributed by atoms with Crippen LogP contribution in [0.3, 0.4) is 0 Å². The van der Waals surface area contributed by atoms with Gasteiger partial charge in [-0.1, -0.05) is 30.3 Å². The van der Waals surface area contributed by atoms with Crippen LogP contribution in [0.1, 0.15) is 27.9 Å². The molecule has 7 heteroatoms. The van der Waals surface area contributed by atoms with E-state index in [4.69, 9.17) is 0 Å². The van der Waals surface area contributed by atoms with Crippen LogP contribution in [0.15, 0.2) is 77.7 Å². The molecular weight excluding hydrogens is 403 g/mol. The minimum atomic E-state index is -3.69. The molecule has 3 aromatic carbocycles. The highest BCUT2D eigenvalue weighted by Crippen LogP contribution is 2.21. The van der Waals surface area contributed by atoms with Crippen LogP contribution in [0, 0.1) is 12.7 Å². The van der Waals surface area contributed by atoms with Crippen LogP contribution in [-0.2, 0) is 16.4 Å². The number of carbonyl (C=O) groups is 1. The molecule has 0 aliphatic rings. The molecule has 3 rings (SSSR count). The minimum absolute atomic E-state index is 0.173. The molecule has 0 saturated heterocycles. The first-order valence-electron chi connectivity index (χ1n) is 9.56. The van der Waals surface area contributed by atoms with Crippen LogP contribution in [0.5, 0.6) is 0 Å². The summed E-state index contributed by atoms with van der Waals surface area (Å²) in [4.78, 5) is 12.5. The van der Waals surface area contributed by atoms with Gasteiger partial charge in [-0.3, -0.25) is 9.52 Å². The summed E-state index contributed by atoms with van der Waals surface area (Å²) in [6.07, 6.45) is 1.46. The average molecular weight is 427 g/mol. The maximum absolute atomic E-state index is 12.9. The Labute approximate surface area is 176 Å². The minimum Gasteiger partial charge on any atom is -0.352 e. The van der Waals surface area contributed by atoms with Crippen LogP contribution in [0.2, 0.25) is 0 Å². The molecule has 0 aliphatic carbocycles. The van der Waals surface area contributed by atoms with Gasteiger partial charge in [0.25, 0.3) is 15.9 Å². The van der Waals surface area contributed by atoms with Crippen LogP contribution in [0.4, 0.5) is 10.1 Å². The second-order valence-corrected chi connectivity index (χ2v) is 8.62. The van der Waals surface area contributed by atoms with Crippen molar-refractivity contribution in [3.8, 4) is 0 Å². The lowest BCUT2D eigenvalue weighted by atomic mass is 10.1. The van der Waals surface area contributed by atoms with Gasteiger partial charge >= 0.3 is 0 Å². The third-order valence-electron chi connectivity index (χ3n) is 4.63. The predicted octanol–water partition coefficient (Wildman–Crippen LogP) is 4.30. The molecule has 0 unspecified atom stereocenters. The Bertz CT molecular complexity index is 1110. The van der Waals surface area contributed by atoms with E-state index in [9.17, 15) is 17.6 Å². The fourth-order valence-electron chi connectivity index (χ4n) is 2.97. The Hall–Kier alpha value is -3.19. The van der Waals surface area contributed by atoms with Crippen molar-refractivity contribution in [2.24, 2.45) is 0 Å². The summed E-state index contributed by atoms with van der Waals surface area (Å²) in [5, 5.41) is 2.85. The maximum atomic E-state index is 12.9. The highest BCUT2D eigenvalue weighted by molar-refractivity contribution is 7.92. The smallest absolute Gasteiger partial charge is 0.261 e. The molecule has 0 bridgehead atoms. The van der Waals surface area contributed by atoms with E-state index < -0.39 is 10.0 Å². The largest absolute Gasteiger partial charge is 0.352 e. The lowest BCUT2D eigenvalue weighted by Gasteiger charge is -2.12. The van der Waals surface area contributed by atoms with Crippen LogP contribution < -0.4 is 10.0 Å². The molecule has 2 N–H and O–H groups in total. The highest BCUT2D eigenvalue weighted by atomic mass is 32.2. The zero-order chi connectivity index (χ0) is 21.6. The SMILES string of the molecule is Cc1cc(C(=O)NCCCc2ccc(F)cc2)ccc1NS(=O)(=O)c1ccccc1. The lowest BCUT2D eigenvalue weighted by Crippen LogP contribution is -2.25. The number of amides is 1. The number of benzene rings is 3. The molecule has 3 aromatic rings. The Balaban J connectivity index is 1.56. The molecule has 0 saturated carbocycles. The van der Waals surface area contributed by atoms with Gasteiger partial charge in [-0.05, 0) is 73.4 Å². The topological polar surface area (TPSA) is 75.3 Å². The van der Waals surface area contributed by atoms with Crippen LogP contribution in [0.25, 0.3) is 0 Å². The van der Waals surface area contributed by atoms with Crippen molar-refractivity contribution in [1.82, 2.24) is 5.32 Å². The number of hydrogen-bond donors (Lipinski definition) is 2. The highest BCUT2D eigenvalue weighted by Gasteiger charge is 2.15. The molecule has 0 radical (unpaired) electrons. The summed E-state index contributed by atoms with van der Waals surface area (Å²) in [6.45, 7) is 2.23. The van der Waals surface area contributed by atoms with E-state index in [0.29, 0.717) is 23.4 Å². The molecule has 156 valence electrons. The molecule has 0 spiro atoms. The van der Waals surface area contributed by atoms with E-state index >= 15 is 0 Å². The molecule has 0 aliphatic heterocycles. The second kappa shape index (κ2) is 9.54. The van der Waals surface area contributed by atoms with E-state index in [2.05, 4.69) is 10.0 Å². The number of hydrogen-bond acceptors (Lipinski definition) is 3. The summed E-state index contributed by atoms with van der Waals surface area (Å²) in [5.41, 5.74) is 2.54. The Morgan fingerprint density at radius 2 is 1.67 bits per heavy atom. The maximum Gasteiger partial charge on any atom is 0.261 e. The van der Waals surface area contributed by atoms with Crippen molar-refractivity contribution in [3.63, 3.8) is 0 Å². The fraction of sp³-hybridized carbons (Fsp3) is 0.174. The number of anilines is 1. The first-order valence-corrected chi connectivity index (χ1v) is 11.0. The fourth-order valence-corrected chi connectivity index (χ4v) is 4.12. The first-order chi connectivity index (χ1) is 14.3. The third-order valence-corrected chi connectivity index (χ3v) is 6.01. The van der Waals surface area contributed by atoms with E-state index in [0.717, 1.165) is 18.4 Å². The number of nitrogens with one attached hydrogen (secondary N) is 2. The summed E-state index contributed by atoms with van der Waals surface area (Å²) in [7, 11) is -3.69. The van der Waals surface area contributed by atoms with E-state index in [1.807, 2.05) is 0 Å². The van der Waals surface area contributed by atoms with E-state index in [1.54, 1.807) is 55.5 Å². The monoisotopic (exact) mass is 426 g/mol. The van der Waals surface area contributed by atoms with Crippen molar-refractivity contribution in [1.29, 1.82) is 0 Å². The number of aryl methyl sites for hydroxylation is 2. The van der Waals surface area contributed by atoms with Crippen molar-refractivity contribution in [3.05, 3.63) is 95.3 Å². The number of carbonyl (C=O) groups excluding carboxylic acids is 1. The normalized spacial score (nSPS) is 11.1. The summed E-state index contributed by atoms with van der Waals surface area (Å²) < 4.78 is 40.4. The van der Waals surface area contributed by atoms with E-state index in [1.165, 1.54) is 24.3 Å². The molecule has 5 nitrogen and oxygen atoms in total. The van der Waals surface area contributed by atoms with Gasteiger partial charge in [0.15, 0.2) is 0 Å². The zero-order valence-corrected chi connectivity index (χ0v) is 17.4. The van der Waals surface area contributed by atoms with Crippen molar-refractivity contribution in [2.75, 3.05) is 11.3 Å². The quantitative estimate of drug-likeness (QED) is 0.528. The Morgan fingerprint density at radius 1 is 0.967 bits per heavy atom. The van der Waals surface area contributed by atoms with Gasteiger partial charge in [-0.2, -0.15) is 0 Å². The first kappa shape index (κ1) is 21.5. The van der Waals surface area contributed by atoms with Gasteiger partial charge < -0.3 is 5.32 Å². The predicted molar refractivity (Wildman–Crippen MR) is 115 cm³/mol. The van der Waals surface area contributed by atoms with Crippen molar-refractivity contribution < 1.29 is 17.6 Å². The van der Waals surface area contributed by atoms with Crippen LogP contribution >= 0.6 is 0 Å². The molecule has 0 fully saturated rings. The standard InChI is InChI=1S/C23H23FN2O3S/c1-17-16-19(23(27)25-15-5-6-18-9-12-20(24)13-10-18)11-14-22(17)26-30(28,29)21-7-3-2-4-8-21/h2-4,7-14,16,26H,5-6,15H2,1H3,(H,25,27). The summed E-state index contributed by atoms with van der Waals surface area (Å²) in [6, 6.07) is 19.2. The van der Waals surface area contributed by atoms with E-state index in [-0.39, 0.29) is 16.6 Å². The van der Waals surface area contributed by atoms with Crippen LogP contribution in [-0.4, -0.2) is 20.9 Å². The number of halogens is 1.